The predicted octanol–water partition coefficient (Wildman–Crippen LogP) is 3.38. The second kappa shape index (κ2) is 11.7. The van der Waals surface area contributed by atoms with Crippen LogP contribution in [0.25, 0.3) is 0 Å². The minimum absolute atomic E-state index is 0.130. The molecule has 33 heavy (non-hydrogen) atoms. The molecule has 0 spiro atoms. The highest BCUT2D eigenvalue weighted by molar-refractivity contribution is 5.88. The van der Waals surface area contributed by atoms with E-state index in [9.17, 15) is 9.59 Å². The van der Waals surface area contributed by atoms with E-state index in [1.165, 1.54) is 0 Å². The number of nitrogens with zero attached hydrogens (tertiary/aromatic N) is 2. The maximum absolute atomic E-state index is 13.4. The van der Waals surface area contributed by atoms with E-state index < -0.39 is 6.04 Å². The first-order valence-corrected chi connectivity index (χ1v) is 10.7. The van der Waals surface area contributed by atoms with Crippen LogP contribution in [0, 0.1) is 0 Å². The van der Waals surface area contributed by atoms with Crippen LogP contribution in [0.3, 0.4) is 0 Å². The van der Waals surface area contributed by atoms with E-state index in [-0.39, 0.29) is 18.2 Å². The summed E-state index contributed by atoms with van der Waals surface area (Å²) >= 11 is 0. The van der Waals surface area contributed by atoms with Gasteiger partial charge in [-0.15, -0.1) is 0 Å². The summed E-state index contributed by atoms with van der Waals surface area (Å²) in [5.41, 5.74) is 2.48. The Morgan fingerprint density at radius 1 is 0.939 bits per heavy atom. The number of nitrogens with one attached hydrogen (secondary N) is 1. The van der Waals surface area contributed by atoms with Crippen molar-refractivity contribution in [1.82, 2.24) is 15.2 Å². The molecule has 0 fully saturated rings. The Balaban J connectivity index is 1.76. The lowest BCUT2D eigenvalue weighted by Gasteiger charge is -2.29. The molecule has 0 aliphatic rings. The van der Waals surface area contributed by atoms with Crippen molar-refractivity contribution in [3.05, 3.63) is 89.7 Å². The molecule has 0 saturated carbocycles. The van der Waals surface area contributed by atoms with Gasteiger partial charge in [-0.3, -0.25) is 14.6 Å². The first-order valence-electron chi connectivity index (χ1n) is 10.7. The van der Waals surface area contributed by atoms with Crippen LogP contribution in [-0.2, 0) is 29.1 Å². The Bertz CT molecular complexity index is 1060. The number of aromatic nitrogens is 1. The van der Waals surface area contributed by atoms with Crippen LogP contribution in [0.1, 0.15) is 23.7 Å². The summed E-state index contributed by atoms with van der Waals surface area (Å²) in [6, 6.07) is 19.9. The summed E-state index contributed by atoms with van der Waals surface area (Å²) in [6.45, 7) is 2.36. The molecule has 0 unspecified atom stereocenters. The average Bonchev–Trinajstić information content (AvgIpc) is 2.86. The number of carbonyl (C=O) groups excluding carboxylic acids is 2. The van der Waals surface area contributed by atoms with Crippen LogP contribution in [0.5, 0.6) is 11.5 Å². The highest BCUT2D eigenvalue weighted by Crippen LogP contribution is 2.28. The predicted molar refractivity (Wildman–Crippen MR) is 126 cm³/mol. The van der Waals surface area contributed by atoms with Gasteiger partial charge in [-0.25, -0.2) is 0 Å². The lowest BCUT2D eigenvalue weighted by molar-refractivity contribution is -0.140. The minimum Gasteiger partial charge on any atom is -0.493 e. The van der Waals surface area contributed by atoms with Crippen LogP contribution < -0.4 is 14.8 Å². The second-order valence-electron chi connectivity index (χ2n) is 7.59. The number of pyridine rings is 1. The Kier molecular flexibility index (Phi) is 8.41. The molecule has 1 aromatic heterocycles. The van der Waals surface area contributed by atoms with Crippen LogP contribution in [0.2, 0.25) is 0 Å². The van der Waals surface area contributed by atoms with Crippen molar-refractivity contribution in [1.29, 1.82) is 0 Å². The van der Waals surface area contributed by atoms with Gasteiger partial charge >= 0.3 is 0 Å². The smallest absolute Gasteiger partial charge is 0.242 e. The first kappa shape index (κ1) is 23.8. The number of carbonyl (C=O) groups is 2. The zero-order valence-corrected chi connectivity index (χ0v) is 19.2. The van der Waals surface area contributed by atoms with E-state index >= 15 is 0 Å². The molecular formula is C26H29N3O4. The Morgan fingerprint density at radius 3 is 2.33 bits per heavy atom. The van der Waals surface area contributed by atoms with E-state index in [1.807, 2.05) is 54.6 Å². The number of ether oxygens (including phenoxy) is 2. The van der Waals surface area contributed by atoms with E-state index in [4.69, 9.17) is 9.47 Å². The van der Waals surface area contributed by atoms with Crippen LogP contribution >= 0.6 is 0 Å². The molecule has 3 aromatic rings. The lowest BCUT2D eigenvalue weighted by Crippen LogP contribution is -2.48. The van der Waals surface area contributed by atoms with Gasteiger partial charge < -0.3 is 19.7 Å². The van der Waals surface area contributed by atoms with Crippen molar-refractivity contribution >= 4 is 11.8 Å². The Hall–Kier alpha value is -3.87. The van der Waals surface area contributed by atoms with Gasteiger partial charge in [-0.1, -0.05) is 42.5 Å². The van der Waals surface area contributed by atoms with Gasteiger partial charge in [0.05, 0.1) is 32.9 Å². The lowest BCUT2D eigenvalue weighted by atomic mass is 10.1. The molecule has 1 N–H and O–H groups in total. The molecule has 1 atom stereocenters. The highest BCUT2D eigenvalue weighted by Gasteiger charge is 2.26. The fourth-order valence-electron chi connectivity index (χ4n) is 3.46. The van der Waals surface area contributed by atoms with Gasteiger partial charge in [-0.05, 0) is 42.3 Å². The zero-order valence-electron chi connectivity index (χ0n) is 19.2. The number of amides is 2. The van der Waals surface area contributed by atoms with Crippen molar-refractivity contribution in [3.8, 4) is 11.5 Å². The third kappa shape index (κ3) is 6.55. The van der Waals surface area contributed by atoms with Gasteiger partial charge in [0.2, 0.25) is 11.8 Å². The third-order valence-corrected chi connectivity index (χ3v) is 5.34. The molecule has 7 nitrogen and oxygen atoms in total. The number of benzene rings is 2. The van der Waals surface area contributed by atoms with Crippen molar-refractivity contribution in [3.63, 3.8) is 0 Å². The monoisotopic (exact) mass is 447 g/mol. The van der Waals surface area contributed by atoms with Gasteiger partial charge in [0, 0.05) is 12.7 Å². The fourth-order valence-corrected chi connectivity index (χ4v) is 3.46. The normalized spacial score (nSPS) is 11.4. The number of rotatable bonds is 10. The molecule has 1 heterocycles. The summed E-state index contributed by atoms with van der Waals surface area (Å²) in [6.07, 6.45) is 1.81. The van der Waals surface area contributed by atoms with Crippen molar-refractivity contribution < 1.29 is 19.1 Å². The highest BCUT2D eigenvalue weighted by atomic mass is 16.5. The maximum Gasteiger partial charge on any atom is 0.242 e. The zero-order chi connectivity index (χ0) is 23.6. The number of methoxy groups -OCH3 is 2. The molecule has 0 saturated heterocycles. The summed E-state index contributed by atoms with van der Waals surface area (Å²) in [7, 11) is 3.12. The minimum atomic E-state index is -0.665. The standard InChI is InChI=1S/C26H29N3O4/c1-19(26(31)28-17-22-11-7-8-14-27-22)29(18-20-9-5-4-6-10-20)25(30)16-21-12-13-23(32-2)24(15-21)33-3/h4-15,19H,16-18H2,1-3H3,(H,28,31)/t19-/m0/s1. The third-order valence-electron chi connectivity index (χ3n) is 5.34. The number of hydrogen-bond donors (Lipinski definition) is 1. The van der Waals surface area contributed by atoms with Gasteiger partial charge in [0.1, 0.15) is 6.04 Å². The maximum atomic E-state index is 13.4. The average molecular weight is 448 g/mol. The summed E-state index contributed by atoms with van der Waals surface area (Å²) in [5.74, 6) is 0.750. The van der Waals surface area contributed by atoms with Crippen molar-refractivity contribution in [2.75, 3.05) is 14.2 Å². The van der Waals surface area contributed by atoms with Crippen molar-refractivity contribution in [2.45, 2.75) is 32.5 Å². The quantitative estimate of drug-likeness (QED) is 0.515. The summed E-state index contributed by atoms with van der Waals surface area (Å²) in [4.78, 5) is 32.1. The number of hydrogen-bond acceptors (Lipinski definition) is 5. The van der Waals surface area contributed by atoms with E-state index in [0.717, 1.165) is 16.8 Å². The first-order chi connectivity index (χ1) is 16.0. The van der Waals surface area contributed by atoms with E-state index in [1.54, 1.807) is 44.4 Å². The van der Waals surface area contributed by atoms with Crippen LogP contribution in [-0.4, -0.2) is 42.0 Å². The molecule has 0 aliphatic heterocycles. The molecule has 2 aromatic carbocycles. The molecule has 3 rings (SSSR count). The van der Waals surface area contributed by atoms with Gasteiger partial charge in [0.25, 0.3) is 0 Å². The summed E-state index contributed by atoms with van der Waals surface area (Å²) < 4.78 is 10.6. The Morgan fingerprint density at radius 2 is 1.67 bits per heavy atom. The fraction of sp³-hybridized carbons (Fsp3) is 0.269. The van der Waals surface area contributed by atoms with Gasteiger partial charge in [0.15, 0.2) is 11.5 Å². The molecular weight excluding hydrogens is 418 g/mol. The molecule has 172 valence electrons. The molecule has 0 bridgehead atoms. The van der Waals surface area contributed by atoms with Crippen LogP contribution in [0.4, 0.5) is 0 Å². The molecule has 0 radical (unpaired) electrons. The second-order valence-corrected chi connectivity index (χ2v) is 7.59. The van der Waals surface area contributed by atoms with E-state index in [2.05, 4.69) is 10.3 Å². The largest absolute Gasteiger partial charge is 0.493 e. The SMILES string of the molecule is COc1ccc(CC(=O)N(Cc2ccccc2)[C@@H](C)C(=O)NCc2ccccn2)cc1OC. The van der Waals surface area contributed by atoms with Crippen LogP contribution in [0.15, 0.2) is 72.9 Å². The summed E-state index contributed by atoms with van der Waals surface area (Å²) in [5, 5.41) is 2.89. The molecule has 7 heteroatoms. The molecule has 0 aliphatic carbocycles. The van der Waals surface area contributed by atoms with Crippen molar-refractivity contribution in [2.24, 2.45) is 0 Å². The van der Waals surface area contributed by atoms with E-state index in [0.29, 0.717) is 24.6 Å². The molecule has 2 amide bonds. The topological polar surface area (TPSA) is 80.8 Å². The van der Waals surface area contributed by atoms with Gasteiger partial charge in [-0.2, -0.15) is 0 Å². The Labute approximate surface area is 194 Å².